The summed E-state index contributed by atoms with van der Waals surface area (Å²) < 4.78 is 88.8. The van der Waals surface area contributed by atoms with Gasteiger partial charge in [-0.3, -0.25) is 0 Å². The van der Waals surface area contributed by atoms with Crippen LogP contribution < -0.4 is 0 Å². The van der Waals surface area contributed by atoms with Crippen molar-refractivity contribution in [1.82, 2.24) is 4.98 Å². The van der Waals surface area contributed by atoms with E-state index >= 15 is 0 Å². The molecule has 0 saturated heterocycles. The molecule has 1 N–H and O–H groups in total. The van der Waals surface area contributed by atoms with Gasteiger partial charge >= 0.3 is 12.4 Å². The van der Waals surface area contributed by atoms with Gasteiger partial charge < -0.3 is 9.41 Å². The van der Waals surface area contributed by atoms with Crippen molar-refractivity contribution in [3.05, 3.63) is 34.5 Å². The molecule has 1 heterocycles. The molecule has 2 aromatic rings. The molecule has 0 fully saturated rings. The molecule has 0 amide bonds. The molecule has 28 heavy (non-hydrogen) atoms. The Labute approximate surface area is 158 Å². The van der Waals surface area contributed by atoms with Crippen LogP contribution in [0.1, 0.15) is 35.2 Å². The van der Waals surface area contributed by atoms with Crippen LogP contribution in [-0.2, 0) is 22.6 Å². The van der Waals surface area contributed by atoms with Gasteiger partial charge in [0.05, 0.1) is 28.4 Å². The minimum atomic E-state index is -4.82. The Balaban J connectivity index is 2.40. The first-order valence-corrected chi connectivity index (χ1v) is 12.0. The lowest BCUT2D eigenvalue weighted by Gasteiger charge is -2.42. The third-order valence-electron chi connectivity index (χ3n) is 4.75. The van der Waals surface area contributed by atoms with Crippen LogP contribution in [0.15, 0.2) is 12.1 Å². The number of H-pyrrole nitrogens is 1. The number of aromatic nitrogens is 1. The number of fused-ring (bicyclic) bond motifs is 3. The summed E-state index contributed by atoms with van der Waals surface area (Å²) in [7, 11) is -2.73. The molecule has 1 atom stereocenters. The number of nitrogens with one attached hydrogen (secondary N) is 1. The molecular weight excluding hydrogens is 402 g/mol. The zero-order valence-electron chi connectivity index (χ0n) is 15.4. The minimum absolute atomic E-state index is 0.00567. The van der Waals surface area contributed by atoms with Crippen LogP contribution in [-0.4, -0.2) is 19.5 Å². The van der Waals surface area contributed by atoms with Gasteiger partial charge in [0.1, 0.15) is 0 Å². The van der Waals surface area contributed by atoms with E-state index in [1.54, 1.807) is 25.7 Å². The number of alkyl halides is 6. The largest absolute Gasteiger partial charge is 0.422 e. The van der Waals surface area contributed by atoms with Gasteiger partial charge in [-0.15, -0.1) is 0 Å². The lowest BCUT2D eigenvalue weighted by Crippen LogP contribution is -2.52. The molecular formula is C18H18F6N2OSi. The number of halogens is 6. The number of hydrogen-bond donors (Lipinski definition) is 1. The van der Waals surface area contributed by atoms with Crippen molar-refractivity contribution in [3.8, 4) is 6.07 Å². The first-order valence-electron chi connectivity index (χ1n) is 8.63. The summed E-state index contributed by atoms with van der Waals surface area (Å²) in [6.07, 6.45) is -9.71. The number of benzene rings is 1. The smallest absolute Gasteiger partial charge is 0.399 e. The third-order valence-corrected chi connectivity index (χ3v) is 5.71. The summed E-state index contributed by atoms with van der Waals surface area (Å²) in [6, 6.07) is 3.52. The van der Waals surface area contributed by atoms with Crippen molar-refractivity contribution in [1.29, 1.82) is 5.26 Å². The van der Waals surface area contributed by atoms with Crippen molar-refractivity contribution in [2.75, 3.05) is 0 Å². The Morgan fingerprint density at radius 3 is 2.29 bits per heavy atom. The Hall–Kier alpha value is -1.99. The summed E-state index contributed by atoms with van der Waals surface area (Å²) in [5, 5.41) is 9.08. The molecule has 1 unspecified atom stereocenters. The Kier molecular flexibility index (Phi) is 4.63. The van der Waals surface area contributed by atoms with E-state index in [0.29, 0.717) is 6.07 Å². The van der Waals surface area contributed by atoms with E-state index in [1.165, 1.54) is 6.07 Å². The summed E-state index contributed by atoms with van der Waals surface area (Å²) in [5.41, 5.74) is -4.76. The van der Waals surface area contributed by atoms with Gasteiger partial charge in [-0.2, -0.15) is 31.6 Å². The van der Waals surface area contributed by atoms with Crippen LogP contribution in [0, 0.1) is 11.3 Å². The zero-order valence-corrected chi connectivity index (χ0v) is 16.4. The molecule has 152 valence electrons. The summed E-state index contributed by atoms with van der Waals surface area (Å²) in [4.78, 5) is 2.41. The zero-order chi connectivity index (χ0) is 21.1. The summed E-state index contributed by atoms with van der Waals surface area (Å²) >= 11 is 0. The highest BCUT2D eigenvalue weighted by Gasteiger charge is 2.61. The number of hydrogen-bond acceptors (Lipinski definition) is 2. The maximum Gasteiger partial charge on any atom is 0.422 e. The van der Waals surface area contributed by atoms with E-state index in [1.807, 2.05) is 0 Å². The van der Waals surface area contributed by atoms with E-state index in [-0.39, 0.29) is 41.5 Å². The Morgan fingerprint density at radius 2 is 1.79 bits per heavy atom. The van der Waals surface area contributed by atoms with Crippen molar-refractivity contribution in [2.24, 2.45) is 0 Å². The van der Waals surface area contributed by atoms with Crippen molar-refractivity contribution < 1.29 is 30.8 Å². The molecule has 0 saturated carbocycles. The predicted molar refractivity (Wildman–Crippen MR) is 93.1 cm³/mol. The molecule has 1 aliphatic carbocycles. The van der Waals surface area contributed by atoms with Gasteiger partial charge in [0.2, 0.25) is 0 Å². The van der Waals surface area contributed by atoms with Crippen molar-refractivity contribution in [3.63, 3.8) is 0 Å². The number of aryl methyl sites for hydroxylation is 1. The van der Waals surface area contributed by atoms with Crippen LogP contribution >= 0.6 is 0 Å². The maximum atomic E-state index is 14.2. The molecule has 10 heteroatoms. The Morgan fingerprint density at radius 1 is 1.14 bits per heavy atom. The van der Waals surface area contributed by atoms with Gasteiger partial charge in [0, 0.05) is 5.39 Å². The first-order chi connectivity index (χ1) is 12.7. The fourth-order valence-corrected chi connectivity index (χ4v) is 5.21. The summed E-state index contributed by atoms with van der Waals surface area (Å²) in [5.74, 6) is 0. The highest BCUT2D eigenvalue weighted by atomic mass is 28.4. The third kappa shape index (κ3) is 3.31. The number of aromatic amines is 1. The topological polar surface area (TPSA) is 48.8 Å². The van der Waals surface area contributed by atoms with Crippen LogP contribution in [0.4, 0.5) is 26.3 Å². The fraction of sp³-hybridized carbons (Fsp3) is 0.500. The van der Waals surface area contributed by atoms with Gasteiger partial charge in [-0.1, -0.05) is 0 Å². The van der Waals surface area contributed by atoms with Crippen LogP contribution in [0.3, 0.4) is 0 Å². The van der Waals surface area contributed by atoms with E-state index in [4.69, 9.17) is 9.69 Å². The first kappa shape index (κ1) is 20.7. The maximum absolute atomic E-state index is 14.2. The molecule has 3 rings (SSSR count). The number of nitriles is 1. The minimum Gasteiger partial charge on any atom is -0.399 e. The summed E-state index contributed by atoms with van der Waals surface area (Å²) in [6.45, 7) is 4.81. The monoisotopic (exact) mass is 420 g/mol. The molecule has 0 bridgehead atoms. The van der Waals surface area contributed by atoms with Gasteiger partial charge in [-0.05, 0) is 56.6 Å². The standard InChI is InChI=1S/C18H18F6N2OSi/c1-28(2,3)27-16(18(22,23)24)6-4-5-11-12-7-10(9-25)8-13(17(19,20)21)14(12)26-15(11)16/h7-8,26H,4-6H2,1-3H3. The second kappa shape index (κ2) is 6.25. The molecule has 1 aromatic carbocycles. The molecule has 3 nitrogen and oxygen atoms in total. The number of rotatable bonds is 2. The normalized spacial score (nSPS) is 20.9. The average Bonchev–Trinajstić information content (AvgIpc) is 2.90. The highest BCUT2D eigenvalue weighted by Crippen LogP contribution is 2.52. The SMILES string of the molecule is C[Si](C)(C)OC1(C(F)(F)F)CCCc2c1[nH]c1c(C(F)(F)F)cc(C#N)cc21. The van der Waals surface area contributed by atoms with Gasteiger partial charge in [-0.25, -0.2) is 0 Å². The molecule has 1 aliphatic rings. The van der Waals surface area contributed by atoms with E-state index < -0.39 is 37.4 Å². The molecule has 0 radical (unpaired) electrons. The second-order valence-corrected chi connectivity index (χ2v) is 12.4. The van der Waals surface area contributed by atoms with Gasteiger partial charge in [0.15, 0.2) is 13.9 Å². The number of nitrogens with zero attached hydrogens (tertiary/aromatic N) is 1. The van der Waals surface area contributed by atoms with E-state index in [0.717, 1.165) is 0 Å². The fourth-order valence-electron chi connectivity index (χ4n) is 3.85. The van der Waals surface area contributed by atoms with Crippen molar-refractivity contribution >= 4 is 19.2 Å². The molecule has 0 spiro atoms. The predicted octanol–water partition coefficient (Wildman–Crippen LogP) is 6.00. The molecule has 0 aliphatic heterocycles. The lowest BCUT2D eigenvalue weighted by molar-refractivity contribution is -0.264. The van der Waals surface area contributed by atoms with Crippen LogP contribution in [0.2, 0.25) is 19.6 Å². The van der Waals surface area contributed by atoms with Crippen LogP contribution in [0.25, 0.3) is 10.9 Å². The van der Waals surface area contributed by atoms with Gasteiger partial charge in [0.25, 0.3) is 0 Å². The Bertz CT molecular complexity index is 964. The average molecular weight is 420 g/mol. The van der Waals surface area contributed by atoms with Crippen molar-refractivity contribution in [2.45, 2.75) is 56.9 Å². The quantitative estimate of drug-likeness (QED) is 0.478. The highest BCUT2D eigenvalue weighted by molar-refractivity contribution is 6.69. The lowest BCUT2D eigenvalue weighted by atomic mass is 9.82. The van der Waals surface area contributed by atoms with E-state index in [2.05, 4.69) is 4.98 Å². The van der Waals surface area contributed by atoms with Crippen LogP contribution in [0.5, 0.6) is 0 Å². The second-order valence-electron chi connectivity index (χ2n) is 7.93. The van der Waals surface area contributed by atoms with E-state index in [9.17, 15) is 26.3 Å². The molecule has 1 aromatic heterocycles.